The summed E-state index contributed by atoms with van der Waals surface area (Å²) in [4.78, 5) is 14.7. The first kappa shape index (κ1) is 11.3. The average Bonchev–Trinajstić information content (AvgIpc) is 2.75. The molecule has 1 N–H and O–H groups in total. The summed E-state index contributed by atoms with van der Waals surface area (Å²) in [6.07, 6.45) is 0.419. The molecule has 0 saturated heterocycles. The lowest BCUT2D eigenvalue weighted by molar-refractivity contribution is -0.142. The van der Waals surface area contributed by atoms with Gasteiger partial charge in [0.2, 0.25) is 0 Å². The van der Waals surface area contributed by atoms with Crippen LogP contribution >= 0.6 is 11.6 Å². The van der Waals surface area contributed by atoms with Gasteiger partial charge in [-0.05, 0) is 18.1 Å². The van der Waals surface area contributed by atoms with E-state index in [1.54, 1.807) is 6.92 Å². The Kier molecular flexibility index (Phi) is 2.21. The van der Waals surface area contributed by atoms with Gasteiger partial charge in [0.1, 0.15) is 5.15 Å². The van der Waals surface area contributed by atoms with E-state index in [9.17, 15) is 13.6 Å². The van der Waals surface area contributed by atoms with Gasteiger partial charge in [-0.15, -0.1) is 0 Å². The van der Waals surface area contributed by atoms with E-state index in [0.717, 1.165) is 6.20 Å². The lowest BCUT2D eigenvalue weighted by Crippen LogP contribution is -2.27. The number of carboxylic acid groups (broad SMARTS) is 1. The van der Waals surface area contributed by atoms with E-state index in [1.807, 2.05) is 0 Å². The van der Waals surface area contributed by atoms with Crippen molar-refractivity contribution in [3.8, 4) is 0 Å². The molecule has 0 radical (unpaired) electrons. The number of pyridine rings is 1. The summed E-state index contributed by atoms with van der Waals surface area (Å²) in [5.74, 6) is -4.73. The third kappa shape index (κ3) is 1.31. The molecule has 1 aromatic heterocycles. The largest absolute Gasteiger partial charge is 0.480 e. The fourth-order valence-corrected chi connectivity index (χ4v) is 1.85. The highest BCUT2D eigenvalue weighted by atomic mass is 35.5. The molecular formula is C10H8ClF2NO2. The zero-order valence-electron chi connectivity index (χ0n) is 8.30. The smallest absolute Gasteiger partial charge is 0.320 e. The van der Waals surface area contributed by atoms with Crippen molar-refractivity contribution < 1.29 is 18.7 Å². The van der Waals surface area contributed by atoms with Crippen molar-refractivity contribution >= 4 is 17.6 Å². The van der Waals surface area contributed by atoms with Crippen molar-refractivity contribution in [2.24, 2.45) is 0 Å². The number of rotatable bonds is 2. The Hall–Kier alpha value is -1.23. The quantitative estimate of drug-likeness (QED) is 0.817. The van der Waals surface area contributed by atoms with Crippen LogP contribution in [0.3, 0.4) is 0 Å². The average molecular weight is 248 g/mol. The molecule has 1 saturated carbocycles. The number of halogens is 3. The van der Waals surface area contributed by atoms with Crippen molar-refractivity contribution in [2.75, 3.05) is 0 Å². The molecule has 0 amide bonds. The summed E-state index contributed by atoms with van der Waals surface area (Å²) in [6, 6.07) is 1.35. The Bertz CT molecular complexity index is 478. The second kappa shape index (κ2) is 3.13. The first-order valence-electron chi connectivity index (χ1n) is 4.55. The van der Waals surface area contributed by atoms with Gasteiger partial charge in [-0.1, -0.05) is 17.7 Å². The Morgan fingerprint density at radius 2 is 2.19 bits per heavy atom. The van der Waals surface area contributed by atoms with E-state index in [1.165, 1.54) is 6.07 Å². The molecule has 86 valence electrons. The van der Waals surface area contributed by atoms with Crippen molar-refractivity contribution in [1.29, 1.82) is 0 Å². The molecule has 0 bridgehead atoms. The van der Waals surface area contributed by atoms with Crippen LogP contribution in [0.1, 0.15) is 17.5 Å². The number of carbonyl (C=O) groups is 1. The third-order valence-electron chi connectivity index (χ3n) is 2.86. The molecule has 3 nitrogen and oxygen atoms in total. The van der Waals surface area contributed by atoms with Gasteiger partial charge in [-0.2, -0.15) is 0 Å². The summed E-state index contributed by atoms with van der Waals surface area (Å²) < 4.78 is 26.4. The maximum Gasteiger partial charge on any atom is 0.320 e. The van der Waals surface area contributed by atoms with E-state index < -0.39 is 23.7 Å². The van der Waals surface area contributed by atoms with Crippen molar-refractivity contribution in [3.05, 3.63) is 28.5 Å². The van der Waals surface area contributed by atoms with Crippen LogP contribution in [0.15, 0.2) is 12.3 Å². The number of hydrogen-bond donors (Lipinski definition) is 1. The fourth-order valence-electron chi connectivity index (χ4n) is 1.75. The van der Waals surface area contributed by atoms with Crippen LogP contribution in [0.2, 0.25) is 5.15 Å². The molecule has 0 spiro atoms. The first-order chi connectivity index (χ1) is 7.31. The summed E-state index contributed by atoms with van der Waals surface area (Å²) in [5, 5.41) is 9.10. The standard InChI is InChI=1S/C10H8ClF2NO2/c1-5-2-6(3-14-7(5)11)9(8(15)16)4-10(9,12)13/h2-3H,4H2,1H3,(H,15,16). The highest BCUT2D eigenvalue weighted by Gasteiger charge is 2.77. The van der Waals surface area contributed by atoms with Crippen molar-refractivity contribution in [1.82, 2.24) is 4.98 Å². The minimum absolute atomic E-state index is 0.00639. The monoisotopic (exact) mass is 247 g/mol. The second-order valence-electron chi connectivity index (χ2n) is 3.92. The van der Waals surface area contributed by atoms with E-state index in [2.05, 4.69) is 4.98 Å². The van der Waals surface area contributed by atoms with Gasteiger partial charge < -0.3 is 5.11 Å². The van der Waals surface area contributed by atoms with E-state index in [4.69, 9.17) is 16.7 Å². The maximum absolute atomic E-state index is 13.2. The highest BCUT2D eigenvalue weighted by molar-refractivity contribution is 6.30. The lowest BCUT2D eigenvalue weighted by Gasteiger charge is -2.12. The summed E-state index contributed by atoms with van der Waals surface area (Å²) in [6.45, 7) is 1.59. The van der Waals surface area contributed by atoms with Crippen LogP contribution in [0.25, 0.3) is 0 Å². The van der Waals surface area contributed by atoms with Gasteiger partial charge in [0.05, 0.1) is 0 Å². The summed E-state index contributed by atoms with van der Waals surface area (Å²) in [7, 11) is 0. The molecule has 2 rings (SSSR count). The summed E-state index contributed by atoms with van der Waals surface area (Å²) in [5.41, 5.74) is -1.62. The van der Waals surface area contributed by atoms with Crippen LogP contribution < -0.4 is 0 Å². The number of aliphatic carboxylic acids is 1. The Labute approximate surface area is 95.1 Å². The predicted octanol–water partition coefficient (Wildman–Crippen LogP) is 2.40. The number of nitrogens with zero attached hydrogens (tertiary/aromatic N) is 1. The van der Waals surface area contributed by atoms with Crippen molar-refractivity contribution in [3.63, 3.8) is 0 Å². The minimum atomic E-state index is -3.21. The molecule has 1 fully saturated rings. The molecule has 1 heterocycles. The molecule has 1 unspecified atom stereocenters. The number of alkyl halides is 2. The van der Waals surface area contributed by atoms with Crippen LogP contribution in [0.4, 0.5) is 8.78 Å². The number of aromatic nitrogens is 1. The van der Waals surface area contributed by atoms with Crippen LogP contribution in [0.5, 0.6) is 0 Å². The van der Waals surface area contributed by atoms with Gasteiger partial charge in [-0.3, -0.25) is 4.79 Å². The minimum Gasteiger partial charge on any atom is -0.480 e. The highest BCUT2D eigenvalue weighted by Crippen LogP contribution is 2.61. The number of hydrogen-bond acceptors (Lipinski definition) is 2. The van der Waals surface area contributed by atoms with Crippen LogP contribution in [-0.2, 0) is 10.2 Å². The second-order valence-corrected chi connectivity index (χ2v) is 4.28. The van der Waals surface area contributed by atoms with Gasteiger partial charge in [0.15, 0.2) is 5.41 Å². The fraction of sp³-hybridized carbons (Fsp3) is 0.400. The molecule has 16 heavy (non-hydrogen) atoms. The molecule has 1 aliphatic carbocycles. The van der Waals surface area contributed by atoms with Gasteiger partial charge in [0, 0.05) is 12.6 Å². The predicted molar refractivity (Wildman–Crippen MR) is 52.9 cm³/mol. The molecular weight excluding hydrogens is 240 g/mol. The first-order valence-corrected chi connectivity index (χ1v) is 4.93. The molecule has 0 aliphatic heterocycles. The normalized spacial score (nSPS) is 26.5. The van der Waals surface area contributed by atoms with Crippen LogP contribution in [-0.4, -0.2) is 22.0 Å². The molecule has 1 atom stereocenters. The molecule has 6 heteroatoms. The summed E-state index contributed by atoms with van der Waals surface area (Å²) >= 11 is 5.66. The van der Waals surface area contributed by atoms with Gasteiger partial charge >= 0.3 is 5.97 Å². The molecule has 1 aromatic rings. The maximum atomic E-state index is 13.2. The molecule has 1 aliphatic rings. The Balaban J connectivity index is 2.51. The third-order valence-corrected chi connectivity index (χ3v) is 3.25. The zero-order valence-corrected chi connectivity index (χ0v) is 9.05. The zero-order chi connectivity index (χ0) is 12.1. The van der Waals surface area contributed by atoms with Crippen molar-refractivity contribution in [2.45, 2.75) is 24.7 Å². The number of aryl methyl sites for hydroxylation is 1. The lowest BCUT2D eigenvalue weighted by atomic mass is 9.96. The topological polar surface area (TPSA) is 50.2 Å². The Morgan fingerprint density at radius 1 is 1.62 bits per heavy atom. The molecule has 0 aromatic carbocycles. The SMILES string of the molecule is Cc1cc(C2(C(=O)O)CC2(F)F)cnc1Cl. The number of carboxylic acids is 1. The van der Waals surface area contributed by atoms with E-state index in [0.29, 0.717) is 5.56 Å². The van der Waals surface area contributed by atoms with Gasteiger partial charge in [-0.25, -0.2) is 13.8 Å². The van der Waals surface area contributed by atoms with E-state index >= 15 is 0 Å². The van der Waals surface area contributed by atoms with E-state index in [-0.39, 0.29) is 10.7 Å². The van der Waals surface area contributed by atoms with Crippen LogP contribution in [0, 0.1) is 6.92 Å². The van der Waals surface area contributed by atoms with Gasteiger partial charge in [0.25, 0.3) is 5.92 Å². The Morgan fingerprint density at radius 3 is 2.56 bits per heavy atom.